The number of nitrogens with one attached hydrogen (secondary N) is 1. The maximum absolute atomic E-state index is 12.6. The molecule has 0 fully saturated rings. The Labute approximate surface area is 230 Å². The molecule has 0 unspecified atom stereocenters. The summed E-state index contributed by atoms with van der Waals surface area (Å²) < 4.78 is 7.48. The van der Waals surface area contributed by atoms with E-state index in [1.165, 1.54) is 11.8 Å². The lowest BCUT2D eigenvalue weighted by Gasteiger charge is -2.11. The summed E-state index contributed by atoms with van der Waals surface area (Å²) in [4.78, 5) is 16.8. The van der Waals surface area contributed by atoms with Crippen LogP contribution in [0.1, 0.15) is 12.5 Å². The summed E-state index contributed by atoms with van der Waals surface area (Å²) in [6.45, 7) is 2.53. The van der Waals surface area contributed by atoms with Gasteiger partial charge in [-0.15, -0.1) is 10.2 Å². The second-order valence-corrected chi connectivity index (χ2v) is 9.32. The molecular formula is C30H26N6O2S. The maximum Gasteiger partial charge on any atom is 0.250 e. The third-order valence-electron chi connectivity index (χ3n) is 5.71. The number of ether oxygens (including phenoxy) is 1. The van der Waals surface area contributed by atoms with Gasteiger partial charge in [0, 0.05) is 23.6 Å². The summed E-state index contributed by atoms with van der Waals surface area (Å²) in [5.74, 6) is 1.28. The van der Waals surface area contributed by atoms with Crippen LogP contribution >= 0.6 is 11.8 Å². The van der Waals surface area contributed by atoms with Crippen molar-refractivity contribution in [3.8, 4) is 34.0 Å². The summed E-state index contributed by atoms with van der Waals surface area (Å²) in [7, 11) is 0. The highest BCUT2D eigenvalue weighted by Gasteiger charge is 2.17. The Kier molecular flexibility index (Phi) is 8.40. The number of aromatic nitrogens is 4. The number of amides is 1. The summed E-state index contributed by atoms with van der Waals surface area (Å²) in [5, 5.41) is 13.4. The molecule has 39 heavy (non-hydrogen) atoms. The van der Waals surface area contributed by atoms with Crippen LogP contribution in [0, 0.1) is 0 Å². The monoisotopic (exact) mass is 534 g/mol. The molecule has 0 spiro atoms. The lowest BCUT2D eigenvalue weighted by Crippen LogP contribution is -2.20. The lowest BCUT2D eigenvalue weighted by molar-refractivity contribution is -0.118. The fourth-order valence-corrected chi connectivity index (χ4v) is 4.61. The normalized spacial score (nSPS) is 11.0. The summed E-state index contributed by atoms with van der Waals surface area (Å²) >= 11 is 1.28. The second-order valence-electron chi connectivity index (χ2n) is 8.38. The number of carbonyl (C=O) groups is 1. The molecular weight excluding hydrogens is 508 g/mol. The van der Waals surface area contributed by atoms with Gasteiger partial charge in [-0.1, -0.05) is 66.4 Å². The van der Waals surface area contributed by atoms with Crippen molar-refractivity contribution in [3.05, 3.63) is 109 Å². The van der Waals surface area contributed by atoms with Crippen LogP contribution in [-0.4, -0.2) is 44.2 Å². The molecule has 0 atom stereocenters. The van der Waals surface area contributed by atoms with Gasteiger partial charge in [-0.2, -0.15) is 5.10 Å². The van der Waals surface area contributed by atoms with E-state index in [1.54, 1.807) is 18.6 Å². The molecule has 1 N–H and O–H groups in total. The average molecular weight is 535 g/mol. The predicted molar refractivity (Wildman–Crippen MR) is 154 cm³/mol. The molecule has 0 bridgehead atoms. The fourth-order valence-electron chi connectivity index (χ4n) is 3.87. The summed E-state index contributed by atoms with van der Waals surface area (Å²) in [6.07, 6.45) is 5.07. The number of hydrazone groups is 1. The zero-order valence-corrected chi connectivity index (χ0v) is 22.1. The van der Waals surface area contributed by atoms with Crippen molar-refractivity contribution < 1.29 is 9.53 Å². The van der Waals surface area contributed by atoms with E-state index in [0.717, 1.165) is 33.7 Å². The topological polar surface area (TPSA) is 94.3 Å². The molecule has 0 aliphatic heterocycles. The molecule has 2 heterocycles. The average Bonchev–Trinajstić information content (AvgIpc) is 3.42. The minimum atomic E-state index is -0.249. The van der Waals surface area contributed by atoms with Gasteiger partial charge in [0.1, 0.15) is 5.75 Å². The van der Waals surface area contributed by atoms with E-state index >= 15 is 0 Å². The van der Waals surface area contributed by atoms with Gasteiger partial charge in [0.05, 0.1) is 18.6 Å². The van der Waals surface area contributed by atoms with Gasteiger partial charge in [0.2, 0.25) is 0 Å². The Morgan fingerprint density at radius 3 is 2.38 bits per heavy atom. The van der Waals surface area contributed by atoms with Crippen LogP contribution in [0.4, 0.5) is 0 Å². The van der Waals surface area contributed by atoms with E-state index in [0.29, 0.717) is 17.6 Å². The van der Waals surface area contributed by atoms with Crippen molar-refractivity contribution in [1.29, 1.82) is 0 Å². The number of pyridine rings is 1. The van der Waals surface area contributed by atoms with Gasteiger partial charge < -0.3 is 4.74 Å². The quantitative estimate of drug-likeness (QED) is 0.142. The lowest BCUT2D eigenvalue weighted by atomic mass is 10.0. The summed E-state index contributed by atoms with van der Waals surface area (Å²) in [5.41, 5.74) is 7.42. The number of nitrogens with zero attached hydrogens (tertiary/aromatic N) is 5. The van der Waals surface area contributed by atoms with Crippen LogP contribution in [-0.2, 0) is 4.79 Å². The van der Waals surface area contributed by atoms with E-state index in [2.05, 4.69) is 37.8 Å². The zero-order valence-electron chi connectivity index (χ0n) is 21.3. The Bertz CT molecular complexity index is 1540. The largest absolute Gasteiger partial charge is 0.494 e. The van der Waals surface area contributed by atoms with Crippen LogP contribution < -0.4 is 10.2 Å². The van der Waals surface area contributed by atoms with Gasteiger partial charge >= 0.3 is 0 Å². The number of rotatable bonds is 10. The van der Waals surface area contributed by atoms with Crippen molar-refractivity contribution >= 4 is 23.9 Å². The van der Waals surface area contributed by atoms with E-state index in [-0.39, 0.29) is 11.7 Å². The number of thioether (sulfide) groups is 1. The fraction of sp³-hybridized carbons (Fsp3) is 0.100. The third-order valence-corrected chi connectivity index (χ3v) is 6.64. The highest BCUT2D eigenvalue weighted by molar-refractivity contribution is 7.99. The van der Waals surface area contributed by atoms with Crippen molar-refractivity contribution in [1.82, 2.24) is 25.2 Å². The molecule has 5 aromatic rings. The number of carbonyl (C=O) groups excluding carboxylic acids is 1. The first-order valence-corrected chi connectivity index (χ1v) is 13.4. The molecule has 5 rings (SSSR count). The van der Waals surface area contributed by atoms with Crippen molar-refractivity contribution in [2.24, 2.45) is 5.10 Å². The Hall–Kier alpha value is -4.76. The first-order chi connectivity index (χ1) is 19.2. The van der Waals surface area contributed by atoms with Crippen LogP contribution in [0.2, 0.25) is 0 Å². The smallest absolute Gasteiger partial charge is 0.250 e. The number of hydrogen-bond donors (Lipinski definition) is 1. The minimum Gasteiger partial charge on any atom is -0.494 e. The van der Waals surface area contributed by atoms with Gasteiger partial charge in [0.15, 0.2) is 11.0 Å². The van der Waals surface area contributed by atoms with Crippen molar-refractivity contribution in [2.45, 2.75) is 12.1 Å². The molecule has 0 aliphatic carbocycles. The SMILES string of the molecule is CCOc1ccc(-n2c(SCC(=O)N/N=C/c3ccc(-c4ccccc4)cc3)nnc2-c2cccnc2)cc1. The highest BCUT2D eigenvalue weighted by atomic mass is 32.2. The third kappa shape index (κ3) is 6.58. The second kappa shape index (κ2) is 12.7. The van der Waals surface area contributed by atoms with E-state index in [1.807, 2.05) is 90.4 Å². The first-order valence-electron chi connectivity index (χ1n) is 12.4. The van der Waals surface area contributed by atoms with Crippen molar-refractivity contribution in [3.63, 3.8) is 0 Å². The molecule has 194 valence electrons. The molecule has 0 aliphatic rings. The minimum absolute atomic E-state index is 0.118. The Balaban J connectivity index is 1.25. The molecule has 1 amide bonds. The highest BCUT2D eigenvalue weighted by Crippen LogP contribution is 2.28. The van der Waals surface area contributed by atoms with Crippen LogP contribution in [0.5, 0.6) is 5.75 Å². The Morgan fingerprint density at radius 2 is 1.67 bits per heavy atom. The first kappa shape index (κ1) is 25.9. The Morgan fingerprint density at radius 1 is 0.923 bits per heavy atom. The molecule has 0 saturated heterocycles. The van der Waals surface area contributed by atoms with Crippen LogP contribution in [0.3, 0.4) is 0 Å². The zero-order chi connectivity index (χ0) is 26.9. The van der Waals surface area contributed by atoms with Crippen molar-refractivity contribution in [2.75, 3.05) is 12.4 Å². The van der Waals surface area contributed by atoms with E-state index < -0.39 is 0 Å². The van der Waals surface area contributed by atoms with Gasteiger partial charge in [-0.05, 0) is 60.0 Å². The van der Waals surface area contributed by atoms with E-state index in [9.17, 15) is 4.79 Å². The van der Waals surface area contributed by atoms with Gasteiger partial charge in [-0.3, -0.25) is 14.3 Å². The molecule has 3 aromatic carbocycles. The number of benzene rings is 3. The molecule has 2 aromatic heterocycles. The molecule has 0 radical (unpaired) electrons. The summed E-state index contributed by atoms with van der Waals surface area (Å²) in [6, 6.07) is 29.6. The predicted octanol–water partition coefficient (Wildman–Crippen LogP) is 5.64. The molecule has 9 heteroatoms. The standard InChI is InChI=1S/C30H26N6O2S/c1-2-38-27-16-14-26(15-17-27)36-29(25-9-6-18-31-20-25)34-35-30(36)39-21-28(37)33-32-19-22-10-12-24(13-11-22)23-7-4-3-5-8-23/h3-20H,2,21H2,1H3,(H,33,37)/b32-19+. The number of hydrogen-bond acceptors (Lipinski definition) is 7. The maximum atomic E-state index is 12.6. The molecule has 8 nitrogen and oxygen atoms in total. The van der Waals surface area contributed by atoms with Gasteiger partial charge in [0.25, 0.3) is 5.91 Å². The van der Waals surface area contributed by atoms with Gasteiger partial charge in [-0.25, -0.2) is 5.43 Å². The van der Waals surface area contributed by atoms with Crippen LogP contribution in [0.25, 0.3) is 28.2 Å². The van der Waals surface area contributed by atoms with E-state index in [4.69, 9.17) is 4.74 Å². The molecule has 0 saturated carbocycles. The van der Waals surface area contributed by atoms with Crippen LogP contribution in [0.15, 0.2) is 114 Å².